The molecule has 0 aliphatic carbocycles. The van der Waals surface area contributed by atoms with E-state index >= 15 is 0 Å². The quantitative estimate of drug-likeness (QED) is 0.783. The van der Waals surface area contributed by atoms with Crippen molar-refractivity contribution in [2.24, 2.45) is 5.73 Å². The first-order chi connectivity index (χ1) is 12.0. The third kappa shape index (κ3) is 4.73. The number of esters is 1. The molecule has 0 heterocycles. The Morgan fingerprint density at radius 3 is 2.56 bits per heavy atom. The molecular weight excluding hydrogens is 318 g/mol. The molecule has 2 aromatic rings. The molecule has 5 heteroatoms. The van der Waals surface area contributed by atoms with Crippen LogP contribution >= 0.6 is 0 Å². The number of hydrogen-bond acceptors (Lipinski definition) is 5. The number of ether oxygens (including phenoxy) is 3. The molecule has 2 rings (SSSR count). The Labute approximate surface area is 148 Å². The van der Waals surface area contributed by atoms with E-state index in [4.69, 9.17) is 15.2 Å². The summed E-state index contributed by atoms with van der Waals surface area (Å²) in [6.07, 6.45) is 0.396. The minimum Gasteiger partial charge on any atom is -0.496 e. The van der Waals surface area contributed by atoms with E-state index in [-0.39, 0.29) is 0 Å². The van der Waals surface area contributed by atoms with Crippen LogP contribution in [0.2, 0.25) is 0 Å². The highest BCUT2D eigenvalue weighted by Crippen LogP contribution is 2.25. The second kappa shape index (κ2) is 8.53. The van der Waals surface area contributed by atoms with Gasteiger partial charge in [0.25, 0.3) is 0 Å². The number of carbonyl (C=O) groups is 1. The average molecular weight is 343 g/mol. The normalized spacial score (nSPS) is 11.7. The fourth-order valence-corrected chi connectivity index (χ4v) is 2.60. The summed E-state index contributed by atoms with van der Waals surface area (Å²) in [7, 11) is 2.95. The van der Waals surface area contributed by atoms with Crippen molar-refractivity contribution in [2.75, 3.05) is 14.2 Å². The van der Waals surface area contributed by atoms with Gasteiger partial charge in [-0.1, -0.05) is 18.2 Å². The van der Waals surface area contributed by atoms with Gasteiger partial charge in [-0.2, -0.15) is 0 Å². The molecule has 134 valence electrons. The van der Waals surface area contributed by atoms with Gasteiger partial charge in [0.15, 0.2) is 0 Å². The first-order valence-electron chi connectivity index (χ1n) is 8.14. The van der Waals surface area contributed by atoms with Gasteiger partial charge in [-0.25, -0.2) is 0 Å². The Morgan fingerprint density at radius 1 is 1.12 bits per heavy atom. The first-order valence-corrected chi connectivity index (χ1v) is 8.14. The van der Waals surface area contributed by atoms with Crippen molar-refractivity contribution in [3.05, 3.63) is 58.7 Å². The van der Waals surface area contributed by atoms with E-state index in [1.165, 1.54) is 12.7 Å². The average Bonchev–Trinajstić information content (AvgIpc) is 2.62. The number of aryl methyl sites for hydroxylation is 1. The van der Waals surface area contributed by atoms with Crippen molar-refractivity contribution in [3.8, 4) is 11.5 Å². The maximum Gasteiger partial charge on any atom is 0.322 e. The molecule has 0 aliphatic rings. The molecule has 1 atom stereocenters. The van der Waals surface area contributed by atoms with Crippen LogP contribution in [0.15, 0.2) is 36.4 Å². The predicted molar refractivity (Wildman–Crippen MR) is 96.9 cm³/mol. The number of carbonyl (C=O) groups excluding carboxylic acids is 1. The molecule has 2 N–H and O–H groups in total. The second-order valence-corrected chi connectivity index (χ2v) is 5.97. The SMILES string of the molecule is COC(=O)C(N)Cc1ccc(OC)c(COc2cccc(C)c2C)c1. The summed E-state index contributed by atoms with van der Waals surface area (Å²) >= 11 is 0. The highest BCUT2D eigenvalue weighted by molar-refractivity contribution is 5.75. The van der Waals surface area contributed by atoms with Crippen LogP contribution in [0, 0.1) is 13.8 Å². The number of benzene rings is 2. The maximum atomic E-state index is 11.5. The van der Waals surface area contributed by atoms with E-state index < -0.39 is 12.0 Å². The van der Waals surface area contributed by atoms with Gasteiger partial charge in [-0.3, -0.25) is 4.79 Å². The molecule has 1 unspecified atom stereocenters. The molecule has 0 aliphatic heterocycles. The second-order valence-electron chi connectivity index (χ2n) is 5.97. The molecule has 0 saturated carbocycles. The van der Waals surface area contributed by atoms with Crippen molar-refractivity contribution in [2.45, 2.75) is 32.9 Å². The van der Waals surface area contributed by atoms with Crippen molar-refractivity contribution >= 4 is 5.97 Å². The Bertz CT molecular complexity index is 742. The van der Waals surface area contributed by atoms with E-state index in [2.05, 4.69) is 17.7 Å². The van der Waals surface area contributed by atoms with Crippen molar-refractivity contribution in [1.82, 2.24) is 0 Å². The molecule has 0 amide bonds. The number of nitrogens with two attached hydrogens (primary N) is 1. The van der Waals surface area contributed by atoms with E-state index in [9.17, 15) is 4.79 Å². The molecule has 0 spiro atoms. The molecule has 0 aromatic heterocycles. The van der Waals surface area contributed by atoms with Gasteiger partial charge in [-0.15, -0.1) is 0 Å². The van der Waals surface area contributed by atoms with Crippen LogP contribution < -0.4 is 15.2 Å². The molecule has 25 heavy (non-hydrogen) atoms. The lowest BCUT2D eigenvalue weighted by Crippen LogP contribution is -2.33. The minimum atomic E-state index is -0.689. The zero-order valence-corrected chi connectivity index (χ0v) is 15.2. The third-order valence-electron chi connectivity index (χ3n) is 4.24. The Hall–Kier alpha value is -2.53. The molecule has 0 radical (unpaired) electrons. The molecule has 0 bridgehead atoms. The summed E-state index contributed by atoms with van der Waals surface area (Å²) in [4.78, 5) is 11.5. The lowest BCUT2D eigenvalue weighted by molar-refractivity contribution is -0.142. The van der Waals surface area contributed by atoms with Crippen LogP contribution in [0.25, 0.3) is 0 Å². The summed E-state index contributed by atoms with van der Waals surface area (Å²) in [6, 6.07) is 11.0. The zero-order valence-electron chi connectivity index (χ0n) is 15.2. The lowest BCUT2D eigenvalue weighted by Gasteiger charge is -2.15. The summed E-state index contributed by atoms with van der Waals surface area (Å²) < 4.78 is 16.1. The van der Waals surface area contributed by atoms with Crippen LogP contribution in [0.5, 0.6) is 11.5 Å². The van der Waals surface area contributed by atoms with Crippen LogP contribution in [-0.4, -0.2) is 26.2 Å². The summed E-state index contributed by atoms with van der Waals surface area (Å²) in [6.45, 7) is 4.46. The highest BCUT2D eigenvalue weighted by Gasteiger charge is 2.15. The Kier molecular flexibility index (Phi) is 6.42. The van der Waals surface area contributed by atoms with Crippen molar-refractivity contribution in [3.63, 3.8) is 0 Å². The fraction of sp³-hybridized carbons (Fsp3) is 0.350. The monoisotopic (exact) mass is 343 g/mol. The predicted octanol–water partition coefficient (Wildman–Crippen LogP) is 2.93. The van der Waals surface area contributed by atoms with E-state index in [0.29, 0.717) is 13.0 Å². The Morgan fingerprint density at radius 2 is 1.88 bits per heavy atom. The molecule has 5 nitrogen and oxygen atoms in total. The summed E-state index contributed by atoms with van der Waals surface area (Å²) in [5.41, 5.74) is 9.97. The smallest absolute Gasteiger partial charge is 0.322 e. The number of hydrogen-bond donors (Lipinski definition) is 1. The molecule has 0 saturated heterocycles. The standard InChI is InChI=1S/C20H25NO4/c1-13-6-5-7-18(14(13)2)25-12-16-10-15(8-9-19(16)23-3)11-17(21)20(22)24-4/h5-10,17H,11-12,21H2,1-4H3. The molecule has 2 aromatic carbocycles. The maximum absolute atomic E-state index is 11.5. The van der Waals surface area contributed by atoms with Gasteiger partial charge in [0.05, 0.1) is 14.2 Å². The van der Waals surface area contributed by atoms with Crippen LogP contribution in [0.1, 0.15) is 22.3 Å². The topological polar surface area (TPSA) is 70.8 Å². The van der Waals surface area contributed by atoms with Crippen LogP contribution in [0.3, 0.4) is 0 Å². The van der Waals surface area contributed by atoms with Crippen molar-refractivity contribution in [1.29, 1.82) is 0 Å². The number of methoxy groups -OCH3 is 2. The van der Waals surface area contributed by atoms with Gasteiger partial charge in [0.2, 0.25) is 0 Å². The minimum absolute atomic E-state index is 0.370. The van der Waals surface area contributed by atoms with E-state index in [1.54, 1.807) is 7.11 Å². The van der Waals surface area contributed by atoms with E-state index in [0.717, 1.165) is 28.2 Å². The lowest BCUT2D eigenvalue weighted by atomic mass is 10.0. The molecule has 0 fully saturated rings. The third-order valence-corrected chi connectivity index (χ3v) is 4.24. The summed E-state index contributed by atoms with van der Waals surface area (Å²) in [5, 5.41) is 0. The van der Waals surface area contributed by atoms with Gasteiger partial charge in [0.1, 0.15) is 24.1 Å². The number of rotatable bonds is 7. The summed E-state index contributed by atoms with van der Waals surface area (Å²) in [5.74, 6) is 1.16. The fourth-order valence-electron chi connectivity index (χ4n) is 2.60. The first kappa shape index (κ1) is 18.8. The van der Waals surface area contributed by atoms with Gasteiger partial charge >= 0.3 is 5.97 Å². The van der Waals surface area contributed by atoms with Gasteiger partial charge in [-0.05, 0) is 55.2 Å². The van der Waals surface area contributed by atoms with Crippen LogP contribution in [0.4, 0.5) is 0 Å². The molecular formula is C20H25NO4. The van der Waals surface area contributed by atoms with Gasteiger partial charge in [0, 0.05) is 5.56 Å². The Balaban J connectivity index is 2.16. The van der Waals surface area contributed by atoms with Gasteiger partial charge < -0.3 is 19.9 Å². The largest absolute Gasteiger partial charge is 0.496 e. The zero-order chi connectivity index (χ0) is 18.4. The highest BCUT2D eigenvalue weighted by atomic mass is 16.5. The van der Waals surface area contributed by atoms with E-state index in [1.807, 2.05) is 37.3 Å². The van der Waals surface area contributed by atoms with Crippen molar-refractivity contribution < 1.29 is 19.0 Å². The van der Waals surface area contributed by atoms with Crippen LogP contribution in [-0.2, 0) is 22.6 Å².